The molecule has 2 amide bonds. The van der Waals surface area contributed by atoms with E-state index in [0.717, 1.165) is 0 Å². The first-order valence-electron chi connectivity index (χ1n) is 3.06. The van der Waals surface area contributed by atoms with Gasteiger partial charge >= 0.3 is 12.1 Å². The van der Waals surface area contributed by atoms with E-state index in [9.17, 15) is 22.8 Å². The molecule has 1 aliphatic heterocycles. The fourth-order valence-electron chi connectivity index (χ4n) is 0.356. The molecule has 8 heteroatoms. The number of carbonyl (C=O) groups excluding carboxylic acids is 2. The number of imide groups is 1. The summed E-state index contributed by atoms with van der Waals surface area (Å²) in [5, 5.41) is 9.15. The molecule has 0 aliphatic carbocycles. The van der Waals surface area contributed by atoms with Crippen molar-refractivity contribution in [2.45, 2.75) is 6.18 Å². The first-order chi connectivity index (χ1) is 6.23. The van der Waals surface area contributed by atoms with E-state index in [-0.39, 0.29) is 11.8 Å². The molecule has 0 aromatic heterocycles. The number of carboxylic acids is 1. The summed E-state index contributed by atoms with van der Waals surface area (Å²) in [6.07, 6.45) is -2.69. The Balaban J connectivity index is 0.000000241. The zero-order valence-corrected chi connectivity index (χ0v) is 6.46. The molecule has 14 heavy (non-hydrogen) atoms. The number of hydrogen-bond acceptors (Lipinski definition) is 3. The summed E-state index contributed by atoms with van der Waals surface area (Å²) in [6, 6.07) is 0. The highest BCUT2D eigenvalue weighted by atomic mass is 19.4. The average molecular weight is 211 g/mol. The predicted molar refractivity (Wildman–Crippen MR) is 36.0 cm³/mol. The molecular weight excluding hydrogens is 207 g/mol. The second kappa shape index (κ2) is 4.40. The molecule has 0 fully saturated rings. The fourth-order valence-corrected chi connectivity index (χ4v) is 0.356. The Bertz CT molecular complexity index is 278. The molecular formula is C6H4F3NO4. The molecule has 0 aromatic carbocycles. The number of carboxylic acid groups (broad SMARTS) is 1. The number of rotatable bonds is 0. The Kier molecular flexibility index (Phi) is 3.81. The standard InChI is InChI=1S/C4H3NO2.C2HF3O2/c6-3-1-2-4(7)5-3;3-2(4,5)1(6)7/h1-2H,(H,5,6,7);(H,6,7). The van der Waals surface area contributed by atoms with Crippen LogP contribution in [0.3, 0.4) is 0 Å². The van der Waals surface area contributed by atoms with Gasteiger partial charge in [-0.05, 0) is 0 Å². The van der Waals surface area contributed by atoms with Crippen molar-refractivity contribution in [1.82, 2.24) is 5.32 Å². The van der Waals surface area contributed by atoms with Gasteiger partial charge in [0.1, 0.15) is 0 Å². The minimum absolute atomic E-state index is 0.329. The number of alkyl halides is 3. The van der Waals surface area contributed by atoms with Crippen LogP contribution in [0, 0.1) is 0 Å². The highest BCUT2D eigenvalue weighted by molar-refractivity contribution is 6.12. The maximum atomic E-state index is 10.6. The number of hydrogen-bond donors (Lipinski definition) is 2. The topological polar surface area (TPSA) is 83.5 Å². The maximum absolute atomic E-state index is 10.6. The number of halogens is 3. The van der Waals surface area contributed by atoms with Gasteiger partial charge in [0.2, 0.25) is 0 Å². The lowest BCUT2D eigenvalue weighted by molar-refractivity contribution is -0.192. The molecule has 0 unspecified atom stereocenters. The Labute approximate surface area is 75.2 Å². The first kappa shape index (κ1) is 12.1. The molecule has 2 N–H and O–H groups in total. The Morgan fingerprint density at radius 2 is 1.50 bits per heavy atom. The fraction of sp³-hybridized carbons (Fsp3) is 0.167. The number of carbonyl (C=O) groups is 3. The van der Waals surface area contributed by atoms with Crippen molar-refractivity contribution in [3.05, 3.63) is 12.2 Å². The van der Waals surface area contributed by atoms with Crippen molar-refractivity contribution >= 4 is 17.8 Å². The van der Waals surface area contributed by atoms with Crippen LogP contribution >= 0.6 is 0 Å². The van der Waals surface area contributed by atoms with Gasteiger partial charge in [-0.15, -0.1) is 0 Å². The predicted octanol–water partition coefficient (Wildman–Crippen LogP) is -0.168. The summed E-state index contributed by atoms with van der Waals surface area (Å²) in [6.45, 7) is 0. The van der Waals surface area contributed by atoms with Crippen molar-refractivity contribution < 1.29 is 32.7 Å². The molecule has 0 atom stereocenters. The largest absolute Gasteiger partial charge is 0.490 e. The highest BCUT2D eigenvalue weighted by Gasteiger charge is 2.38. The van der Waals surface area contributed by atoms with Gasteiger partial charge in [-0.1, -0.05) is 0 Å². The molecule has 1 aliphatic rings. The van der Waals surface area contributed by atoms with E-state index in [1.165, 1.54) is 12.2 Å². The lowest BCUT2D eigenvalue weighted by Crippen LogP contribution is -2.21. The van der Waals surface area contributed by atoms with Gasteiger partial charge in [0.25, 0.3) is 11.8 Å². The van der Waals surface area contributed by atoms with Gasteiger partial charge in [0.15, 0.2) is 0 Å². The van der Waals surface area contributed by atoms with Crippen molar-refractivity contribution in [1.29, 1.82) is 0 Å². The van der Waals surface area contributed by atoms with Gasteiger partial charge in [-0.2, -0.15) is 13.2 Å². The zero-order chi connectivity index (χ0) is 11.4. The Morgan fingerprint density at radius 1 is 1.21 bits per heavy atom. The van der Waals surface area contributed by atoms with Crippen LogP contribution in [0.15, 0.2) is 12.2 Å². The molecule has 1 rings (SSSR count). The van der Waals surface area contributed by atoms with E-state index in [1.54, 1.807) is 0 Å². The number of nitrogens with one attached hydrogen (secondary N) is 1. The van der Waals surface area contributed by atoms with E-state index >= 15 is 0 Å². The molecule has 78 valence electrons. The van der Waals surface area contributed by atoms with Gasteiger partial charge in [0.05, 0.1) is 0 Å². The second-order valence-corrected chi connectivity index (χ2v) is 1.99. The molecule has 0 radical (unpaired) electrons. The lowest BCUT2D eigenvalue weighted by atomic mass is 10.6. The van der Waals surface area contributed by atoms with Crippen LogP contribution < -0.4 is 5.32 Å². The highest BCUT2D eigenvalue weighted by Crippen LogP contribution is 2.13. The quantitative estimate of drug-likeness (QED) is 0.545. The zero-order valence-electron chi connectivity index (χ0n) is 6.46. The summed E-state index contributed by atoms with van der Waals surface area (Å²) in [5.41, 5.74) is 0. The van der Waals surface area contributed by atoms with Crippen molar-refractivity contribution in [3.8, 4) is 0 Å². The molecule has 0 saturated heterocycles. The van der Waals surface area contributed by atoms with Crippen LogP contribution in [0.5, 0.6) is 0 Å². The third-order valence-electron chi connectivity index (χ3n) is 0.875. The third-order valence-corrected chi connectivity index (χ3v) is 0.875. The van der Waals surface area contributed by atoms with Crippen LogP contribution in [0.1, 0.15) is 0 Å². The minimum atomic E-state index is -5.08. The Morgan fingerprint density at radius 3 is 1.57 bits per heavy atom. The lowest BCUT2D eigenvalue weighted by Gasteiger charge is -1.93. The maximum Gasteiger partial charge on any atom is 0.490 e. The molecule has 0 spiro atoms. The van der Waals surface area contributed by atoms with Crippen LogP contribution in [-0.4, -0.2) is 29.1 Å². The number of aliphatic carboxylic acids is 1. The summed E-state index contributed by atoms with van der Waals surface area (Å²) in [7, 11) is 0. The molecule has 0 bridgehead atoms. The first-order valence-corrected chi connectivity index (χ1v) is 3.06. The van der Waals surface area contributed by atoms with E-state index in [4.69, 9.17) is 9.90 Å². The number of amides is 2. The molecule has 1 heterocycles. The van der Waals surface area contributed by atoms with Gasteiger partial charge < -0.3 is 5.11 Å². The van der Waals surface area contributed by atoms with Crippen molar-refractivity contribution in [2.75, 3.05) is 0 Å². The minimum Gasteiger partial charge on any atom is -0.475 e. The average Bonchev–Trinajstić information content (AvgIpc) is 2.33. The third kappa shape index (κ3) is 4.91. The SMILES string of the molecule is O=C(O)C(F)(F)F.O=C1C=CC(=O)N1. The summed E-state index contributed by atoms with van der Waals surface area (Å²) in [5.74, 6) is -3.41. The summed E-state index contributed by atoms with van der Waals surface area (Å²) >= 11 is 0. The summed E-state index contributed by atoms with van der Waals surface area (Å²) < 4.78 is 31.7. The van der Waals surface area contributed by atoms with E-state index in [1.807, 2.05) is 5.32 Å². The van der Waals surface area contributed by atoms with Crippen LogP contribution in [0.4, 0.5) is 13.2 Å². The molecule has 0 saturated carbocycles. The van der Waals surface area contributed by atoms with Gasteiger partial charge in [-0.25, -0.2) is 4.79 Å². The van der Waals surface area contributed by atoms with Gasteiger partial charge in [-0.3, -0.25) is 14.9 Å². The molecule has 5 nitrogen and oxygen atoms in total. The Hall–Kier alpha value is -1.86. The summed E-state index contributed by atoms with van der Waals surface area (Å²) in [4.78, 5) is 29.0. The smallest absolute Gasteiger partial charge is 0.475 e. The van der Waals surface area contributed by atoms with E-state index in [2.05, 4.69) is 0 Å². The normalized spacial score (nSPS) is 14.5. The van der Waals surface area contributed by atoms with Crippen molar-refractivity contribution in [2.24, 2.45) is 0 Å². The second-order valence-electron chi connectivity index (χ2n) is 1.99. The van der Waals surface area contributed by atoms with Crippen molar-refractivity contribution in [3.63, 3.8) is 0 Å². The van der Waals surface area contributed by atoms with Crippen LogP contribution in [-0.2, 0) is 14.4 Å². The van der Waals surface area contributed by atoms with Gasteiger partial charge in [0, 0.05) is 12.2 Å². The van der Waals surface area contributed by atoms with E-state index < -0.39 is 12.1 Å². The molecule has 0 aromatic rings. The van der Waals surface area contributed by atoms with Crippen LogP contribution in [0.2, 0.25) is 0 Å². The van der Waals surface area contributed by atoms with E-state index in [0.29, 0.717) is 0 Å². The monoisotopic (exact) mass is 211 g/mol. The van der Waals surface area contributed by atoms with Crippen LogP contribution in [0.25, 0.3) is 0 Å².